The Balaban J connectivity index is 2.00. The summed E-state index contributed by atoms with van der Waals surface area (Å²) in [4.78, 5) is 13.5. The SMILES string of the molecule is CCc1ccc(-c2ccc3c(c2)N(C)C(=O)CN3)cc1. The van der Waals surface area contributed by atoms with Crippen molar-refractivity contribution >= 4 is 17.3 Å². The second-order valence-corrected chi connectivity index (χ2v) is 5.09. The smallest absolute Gasteiger partial charge is 0.246 e. The van der Waals surface area contributed by atoms with E-state index in [1.165, 1.54) is 11.1 Å². The second-order valence-electron chi connectivity index (χ2n) is 5.09. The van der Waals surface area contributed by atoms with E-state index < -0.39 is 0 Å². The highest BCUT2D eigenvalue weighted by Gasteiger charge is 2.20. The summed E-state index contributed by atoms with van der Waals surface area (Å²) in [5, 5.41) is 3.15. The lowest BCUT2D eigenvalue weighted by atomic mass is 10.0. The first-order valence-corrected chi connectivity index (χ1v) is 6.93. The third-order valence-corrected chi connectivity index (χ3v) is 3.86. The minimum atomic E-state index is 0.0935. The zero-order valence-electron chi connectivity index (χ0n) is 11.8. The van der Waals surface area contributed by atoms with Gasteiger partial charge in [-0.25, -0.2) is 0 Å². The van der Waals surface area contributed by atoms with E-state index in [0.29, 0.717) is 6.54 Å². The molecule has 1 aliphatic rings. The summed E-state index contributed by atoms with van der Waals surface area (Å²) >= 11 is 0. The molecular weight excluding hydrogens is 248 g/mol. The Morgan fingerprint density at radius 1 is 1.10 bits per heavy atom. The summed E-state index contributed by atoms with van der Waals surface area (Å²) in [5.41, 5.74) is 5.60. The van der Waals surface area contributed by atoms with Gasteiger partial charge in [-0.2, -0.15) is 0 Å². The summed E-state index contributed by atoms with van der Waals surface area (Å²) in [5.74, 6) is 0.0935. The lowest BCUT2D eigenvalue weighted by Crippen LogP contribution is -2.36. The van der Waals surface area contributed by atoms with E-state index in [-0.39, 0.29) is 5.91 Å². The van der Waals surface area contributed by atoms with Crippen LogP contribution in [-0.2, 0) is 11.2 Å². The fourth-order valence-corrected chi connectivity index (χ4v) is 2.49. The normalized spacial score (nSPS) is 13.9. The average molecular weight is 266 g/mol. The molecule has 0 spiro atoms. The number of nitrogens with one attached hydrogen (secondary N) is 1. The number of carbonyl (C=O) groups excluding carboxylic acids is 1. The maximum absolute atomic E-state index is 11.8. The van der Waals surface area contributed by atoms with Crippen molar-refractivity contribution in [3.63, 3.8) is 0 Å². The summed E-state index contributed by atoms with van der Waals surface area (Å²) in [6.45, 7) is 2.52. The van der Waals surface area contributed by atoms with Gasteiger partial charge in [0.05, 0.1) is 17.9 Å². The number of anilines is 2. The third-order valence-electron chi connectivity index (χ3n) is 3.86. The molecule has 3 rings (SSSR count). The number of rotatable bonds is 2. The Kier molecular flexibility index (Phi) is 3.18. The average Bonchev–Trinajstić information content (AvgIpc) is 2.51. The number of likely N-dealkylation sites (N-methyl/N-ethyl adjacent to an activating group) is 1. The number of benzene rings is 2. The van der Waals surface area contributed by atoms with Gasteiger partial charge in [-0.05, 0) is 35.2 Å². The van der Waals surface area contributed by atoms with E-state index in [2.05, 4.69) is 48.6 Å². The van der Waals surface area contributed by atoms with Gasteiger partial charge in [0.2, 0.25) is 5.91 Å². The van der Waals surface area contributed by atoms with Crippen LogP contribution < -0.4 is 10.2 Å². The van der Waals surface area contributed by atoms with Crippen molar-refractivity contribution in [2.24, 2.45) is 0 Å². The Morgan fingerprint density at radius 2 is 1.80 bits per heavy atom. The first-order valence-electron chi connectivity index (χ1n) is 6.93. The van der Waals surface area contributed by atoms with Gasteiger partial charge in [0.1, 0.15) is 0 Å². The van der Waals surface area contributed by atoms with E-state index in [1.807, 2.05) is 13.1 Å². The molecule has 0 saturated carbocycles. The summed E-state index contributed by atoms with van der Waals surface area (Å²) in [6, 6.07) is 14.8. The van der Waals surface area contributed by atoms with E-state index in [0.717, 1.165) is 23.4 Å². The molecule has 0 atom stereocenters. The van der Waals surface area contributed by atoms with Crippen LogP contribution in [0.5, 0.6) is 0 Å². The molecule has 0 saturated heterocycles. The van der Waals surface area contributed by atoms with Crippen molar-refractivity contribution in [3.8, 4) is 11.1 Å². The van der Waals surface area contributed by atoms with Crippen LogP contribution in [0.15, 0.2) is 42.5 Å². The molecule has 0 fully saturated rings. The van der Waals surface area contributed by atoms with Crippen molar-refractivity contribution in [3.05, 3.63) is 48.0 Å². The number of hydrogen-bond donors (Lipinski definition) is 1. The van der Waals surface area contributed by atoms with E-state index in [4.69, 9.17) is 0 Å². The standard InChI is InChI=1S/C17H18N2O/c1-3-12-4-6-13(7-5-12)14-8-9-15-16(10-14)19(2)17(20)11-18-15/h4-10,18H,3,11H2,1-2H3. The van der Waals surface area contributed by atoms with Crippen LogP contribution in [0.1, 0.15) is 12.5 Å². The van der Waals surface area contributed by atoms with Crippen molar-refractivity contribution in [1.82, 2.24) is 0 Å². The zero-order chi connectivity index (χ0) is 14.1. The van der Waals surface area contributed by atoms with Crippen LogP contribution in [0, 0.1) is 0 Å². The first kappa shape index (κ1) is 12.7. The predicted molar refractivity (Wildman–Crippen MR) is 83.2 cm³/mol. The maximum Gasteiger partial charge on any atom is 0.246 e. The third kappa shape index (κ3) is 2.16. The molecule has 0 radical (unpaired) electrons. The molecule has 2 aromatic carbocycles. The molecule has 20 heavy (non-hydrogen) atoms. The minimum Gasteiger partial charge on any atom is -0.374 e. The van der Waals surface area contributed by atoms with Crippen LogP contribution in [0.4, 0.5) is 11.4 Å². The zero-order valence-corrected chi connectivity index (χ0v) is 11.8. The quantitative estimate of drug-likeness (QED) is 0.904. The van der Waals surface area contributed by atoms with Gasteiger partial charge in [0.25, 0.3) is 0 Å². The molecule has 2 aromatic rings. The molecule has 1 N–H and O–H groups in total. The molecule has 1 heterocycles. The molecule has 3 heteroatoms. The number of aryl methyl sites for hydroxylation is 1. The Labute approximate surface area is 119 Å². The minimum absolute atomic E-state index is 0.0935. The van der Waals surface area contributed by atoms with Crippen LogP contribution >= 0.6 is 0 Å². The van der Waals surface area contributed by atoms with Crippen LogP contribution in [0.3, 0.4) is 0 Å². The molecule has 0 unspecified atom stereocenters. The topological polar surface area (TPSA) is 32.3 Å². The highest BCUT2D eigenvalue weighted by Crippen LogP contribution is 2.33. The van der Waals surface area contributed by atoms with Crippen molar-refractivity contribution in [2.45, 2.75) is 13.3 Å². The van der Waals surface area contributed by atoms with E-state index in [1.54, 1.807) is 4.90 Å². The first-order chi connectivity index (χ1) is 9.69. The van der Waals surface area contributed by atoms with Gasteiger partial charge in [0, 0.05) is 7.05 Å². The van der Waals surface area contributed by atoms with Crippen LogP contribution in [0.25, 0.3) is 11.1 Å². The van der Waals surface area contributed by atoms with Crippen LogP contribution in [0.2, 0.25) is 0 Å². The highest BCUT2D eigenvalue weighted by molar-refractivity contribution is 6.03. The number of fused-ring (bicyclic) bond motifs is 1. The van der Waals surface area contributed by atoms with E-state index >= 15 is 0 Å². The van der Waals surface area contributed by atoms with Crippen molar-refractivity contribution < 1.29 is 4.79 Å². The summed E-state index contributed by atoms with van der Waals surface area (Å²) in [7, 11) is 1.83. The Morgan fingerprint density at radius 3 is 2.50 bits per heavy atom. The molecule has 1 amide bonds. The Bertz CT molecular complexity index is 647. The van der Waals surface area contributed by atoms with Crippen molar-refractivity contribution in [1.29, 1.82) is 0 Å². The van der Waals surface area contributed by atoms with Gasteiger partial charge < -0.3 is 10.2 Å². The van der Waals surface area contributed by atoms with Crippen molar-refractivity contribution in [2.75, 3.05) is 23.8 Å². The second kappa shape index (κ2) is 5.00. The van der Waals surface area contributed by atoms with Gasteiger partial charge >= 0.3 is 0 Å². The maximum atomic E-state index is 11.8. The molecule has 0 bridgehead atoms. The molecule has 3 nitrogen and oxygen atoms in total. The molecule has 0 aliphatic carbocycles. The monoisotopic (exact) mass is 266 g/mol. The summed E-state index contributed by atoms with van der Waals surface area (Å²) in [6.07, 6.45) is 1.05. The van der Waals surface area contributed by atoms with Gasteiger partial charge in [-0.15, -0.1) is 0 Å². The van der Waals surface area contributed by atoms with Gasteiger partial charge in [0.15, 0.2) is 0 Å². The number of nitrogens with zero attached hydrogens (tertiary/aromatic N) is 1. The summed E-state index contributed by atoms with van der Waals surface area (Å²) < 4.78 is 0. The largest absolute Gasteiger partial charge is 0.374 e. The lowest BCUT2D eigenvalue weighted by Gasteiger charge is -2.27. The fourth-order valence-electron chi connectivity index (χ4n) is 2.49. The molecular formula is C17H18N2O. The highest BCUT2D eigenvalue weighted by atomic mass is 16.2. The van der Waals surface area contributed by atoms with Crippen LogP contribution in [-0.4, -0.2) is 19.5 Å². The number of hydrogen-bond acceptors (Lipinski definition) is 2. The fraction of sp³-hybridized carbons (Fsp3) is 0.235. The number of amides is 1. The molecule has 102 valence electrons. The Hall–Kier alpha value is -2.29. The van der Waals surface area contributed by atoms with Gasteiger partial charge in [-0.1, -0.05) is 37.3 Å². The molecule has 0 aromatic heterocycles. The lowest BCUT2D eigenvalue weighted by molar-refractivity contribution is -0.116. The van der Waals surface area contributed by atoms with Gasteiger partial charge in [-0.3, -0.25) is 4.79 Å². The van der Waals surface area contributed by atoms with E-state index in [9.17, 15) is 4.79 Å². The predicted octanol–water partition coefficient (Wildman–Crippen LogP) is 3.30. The number of carbonyl (C=O) groups is 1. The molecule has 1 aliphatic heterocycles.